The molecule has 0 bridgehead atoms. The summed E-state index contributed by atoms with van der Waals surface area (Å²) in [6, 6.07) is 4.64. The van der Waals surface area contributed by atoms with Crippen molar-refractivity contribution in [2.75, 3.05) is 6.61 Å². The van der Waals surface area contributed by atoms with Crippen LogP contribution in [0.2, 0.25) is 0 Å². The largest absolute Gasteiger partial charge is 0.456 e. The number of piperidine rings is 1. The fraction of sp³-hybridized carbons (Fsp3) is 0.476. The molecule has 3 atom stereocenters. The van der Waals surface area contributed by atoms with E-state index in [1.165, 1.54) is 11.1 Å². The fourth-order valence-corrected chi connectivity index (χ4v) is 4.02. The number of halogens is 1. The van der Waals surface area contributed by atoms with Gasteiger partial charge in [-0.3, -0.25) is 14.7 Å². The van der Waals surface area contributed by atoms with E-state index in [0.717, 1.165) is 10.9 Å². The average molecular weight is 476 g/mol. The third kappa shape index (κ3) is 4.30. The van der Waals surface area contributed by atoms with Gasteiger partial charge in [-0.2, -0.15) is 0 Å². The number of carbonyl (C=O) groups is 3. The van der Waals surface area contributed by atoms with Crippen LogP contribution in [0.15, 0.2) is 28.9 Å². The molecule has 30 heavy (non-hydrogen) atoms. The molecule has 9 heteroatoms. The van der Waals surface area contributed by atoms with Crippen LogP contribution in [0.4, 0.5) is 4.79 Å². The normalized spacial score (nSPS) is 22.5. The number of Topliss-reactive ketones (excluding diaryl/α,β-unsaturated/α-hetero) is 1. The van der Waals surface area contributed by atoms with Gasteiger partial charge in [-0.15, -0.1) is 0 Å². The lowest BCUT2D eigenvalue weighted by molar-refractivity contribution is -0.148. The topological polar surface area (TPSA) is 98.7 Å². The van der Waals surface area contributed by atoms with E-state index in [9.17, 15) is 14.4 Å². The molecule has 2 heterocycles. The highest BCUT2D eigenvalue weighted by molar-refractivity contribution is 9.10. The van der Waals surface area contributed by atoms with E-state index in [0.29, 0.717) is 17.5 Å². The minimum absolute atomic E-state index is 0.0128. The second-order valence-electron chi connectivity index (χ2n) is 8.62. The zero-order chi connectivity index (χ0) is 21.6. The molecule has 4 rings (SSSR count). The number of nitrogens with zero attached hydrogens (tertiary/aromatic N) is 3. The fourth-order valence-electron chi connectivity index (χ4n) is 3.67. The van der Waals surface area contributed by atoms with Crippen LogP contribution in [0, 0.1) is 5.92 Å². The van der Waals surface area contributed by atoms with Crippen molar-refractivity contribution in [1.29, 1.82) is 0 Å². The molecule has 158 valence electrons. The van der Waals surface area contributed by atoms with Gasteiger partial charge >= 0.3 is 12.1 Å². The highest BCUT2D eigenvalue weighted by atomic mass is 79.9. The second kappa shape index (κ2) is 7.61. The molecule has 1 amide bonds. The van der Waals surface area contributed by atoms with E-state index in [-0.39, 0.29) is 17.7 Å². The van der Waals surface area contributed by atoms with Crippen molar-refractivity contribution in [2.24, 2.45) is 5.92 Å². The molecule has 1 aromatic carbocycles. The predicted molar refractivity (Wildman–Crippen MR) is 111 cm³/mol. The molecule has 1 aromatic heterocycles. The Kier molecular flexibility index (Phi) is 5.25. The van der Waals surface area contributed by atoms with Crippen molar-refractivity contribution in [3.8, 4) is 0 Å². The molecule has 0 N–H and O–H groups in total. The summed E-state index contributed by atoms with van der Waals surface area (Å²) in [4.78, 5) is 47.6. The Balaban J connectivity index is 1.39. The summed E-state index contributed by atoms with van der Waals surface area (Å²) in [5, 5.41) is 0. The van der Waals surface area contributed by atoms with Gasteiger partial charge in [0.05, 0.1) is 17.2 Å². The number of likely N-dealkylation sites (tertiary alicyclic amines) is 1. The van der Waals surface area contributed by atoms with E-state index >= 15 is 0 Å². The van der Waals surface area contributed by atoms with Crippen molar-refractivity contribution in [3.63, 3.8) is 0 Å². The molecular formula is C21H22BrN3O5. The lowest BCUT2D eigenvalue weighted by Gasteiger charge is -2.29. The number of ketones is 1. The third-order valence-electron chi connectivity index (χ3n) is 5.12. The maximum absolute atomic E-state index is 12.6. The molecule has 1 aliphatic carbocycles. The Morgan fingerprint density at radius 2 is 1.97 bits per heavy atom. The van der Waals surface area contributed by atoms with Crippen LogP contribution in [-0.4, -0.2) is 57.0 Å². The van der Waals surface area contributed by atoms with Crippen molar-refractivity contribution in [3.05, 3.63) is 34.6 Å². The summed E-state index contributed by atoms with van der Waals surface area (Å²) in [7, 11) is 0. The number of ether oxygens (including phenoxy) is 2. The number of esters is 1. The van der Waals surface area contributed by atoms with Gasteiger partial charge in [0.1, 0.15) is 17.3 Å². The summed E-state index contributed by atoms with van der Waals surface area (Å²) < 4.78 is 11.5. The molecular weight excluding hydrogens is 454 g/mol. The molecule has 8 nitrogen and oxygen atoms in total. The maximum Gasteiger partial charge on any atom is 0.411 e. The molecule has 2 fully saturated rings. The Hall–Kier alpha value is -2.55. The van der Waals surface area contributed by atoms with Crippen LogP contribution in [0.25, 0.3) is 11.0 Å². The quantitative estimate of drug-likeness (QED) is 0.492. The maximum atomic E-state index is 12.6. The highest BCUT2D eigenvalue weighted by Gasteiger charge is 2.57. The van der Waals surface area contributed by atoms with Gasteiger partial charge in [-0.1, -0.05) is 15.9 Å². The number of fused-ring (bicyclic) bond motifs is 2. The van der Waals surface area contributed by atoms with Crippen LogP contribution in [0.3, 0.4) is 0 Å². The average Bonchev–Trinajstić information content (AvgIpc) is 3.33. The molecule has 1 saturated carbocycles. The number of carbonyl (C=O) groups excluding carboxylic acids is 3. The summed E-state index contributed by atoms with van der Waals surface area (Å²) in [6.07, 6.45) is 2.24. The van der Waals surface area contributed by atoms with Gasteiger partial charge in [0.15, 0.2) is 6.61 Å². The van der Waals surface area contributed by atoms with E-state index in [1.54, 1.807) is 32.9 Å². The Bertz CT molecular complexity index is 1030. The molecule has 2 aromatic rings. The van der Waals surface area contributed by atoms with E-state index in [2.05, 4.69) is 25.9 Å². The van der Waals surface area contributed by atoms with E-state index in [4.69, 9.17) is 9.47 Å². The summed E-state index contributed by atoms with van der Waals surface area (Å²) in [5.74, 6) is -0.761. The Labute approximate surface area is 182 Å². The monoisotopic (exact) mass is 475 g/mol. The van der Waals surface area contributed by atoms with Gasteiger partial charge in [0.25, 0.3) is 0 Å². The summed E-state index contributed by atoms with van der Waals surface area (Å²) in [5.41, 5.74) is 0.688. The second-order valence-corrected chi connectivity index (χ2v) is 9.54. The first kappa shape index (κ1) is 20.7. The van der Waals surface area contributed by atoms with Crippen molar-refractivity contribution >= 4 is 44.8 Å². The van der Waals surface area contributed by atoms with Crippen molar-refractivity contribution in [1.82, 2.24) is 14.9 Å². The van der Waals surface area contributed by atoms with Gasteiger partial charge in [0.2, 0.25) is 5.78 Å². The first-order valence-corrected chi connectivity index (χ1v) is 10.5. The standard InChI is InChI=1S/C21H22BrN3O5/c1-21(2,3)30-20(28)25-16-6-11(16)7-17(25)19(27)29-10-18(26)15-9-23-14-8-12(22)4-5-13(14)24-15/h4-5,8-9,11,16-17H,6-7,10H2,1-3H3. The minimum atomic E-state index is -0.726. The van der Waals surface area contributed by atoms with Gasteiger partial charge in [0, 0.05) is 10.5 Å². The zero-order valence-corrected chi connectivity index (χ0v) is 18.5. The van der Waals surface area contributed by atoms with E-state index < -0.39 is 36.1 Å². The lowest BCUT2D eigenvalue weighted by atomic mass is 10.1. The Morgan fingerprint density at radius 3 is 2.70 bits per heavy atom. The molecule has 0 radical (unpaired) electrons. The van der Waals surface area contributed by atoms with Crippen LogP contribution in [0.5, 0.6) is 0 Å². The zero-order valence-electron chi connectivity index (χ0n) is 16.9. The number of hydrogen-bond acceptors (Lipinski definition) is 7. The van der Waals surface area contributed by atoms with Crippen LogP contribution >= 0.6 is 15.9 Å². The van der Waals surface area contributed by atoms with Crippen molar-refractivity contribution < 1.29 is 23.9 Å². The minimum Gasteiger partial charge on any atom is -0.456 e. The Morgan fingerprint density at radius 1 is 1.20 bits per heavy atom. The third-order valence-corrected chi connectivity index (χ3v) is 5.61. The predicted octanol–water partition coefficient (Wildman–Crippen LogP) is 3.52. The first-order valence-electron chi connectivity index (χ1n) is 9.76. The van der Waals surface area contributed by atoms with Crippen LogP contribution in [0.1, 0.15) is 44.1 Å². The van der Waals surface area contributed by atoms with Crippen LogP contribution < -0.4 is 0 Å². The number of benzene rings is 1. The smallest absolute Gasteiger partial charge is 0.411 e. The number of rotatable bonds is 4. The molecule has 2 aliphatic rings. The number of aromatic nitrogens is 2. The molecule has 0 spiro atoms. The molecule has 1 saturated heterocycles. The highest BCUT2D eigenvalue weighted by Crippen LogP contribution is 2.48. The van der Waals surface area contributed by atoms with Crippen LogP contribution in [-0.2, 0) is 14.3 Å². The van der Waals surface area contributed by atoms with Gasteiger partial charge in [-0.05, 0) is 57.7 Å². The molecule has 1 aliphatic heterocycles. The first-order chi connectivity index (χ1) is 14.1. The SMILES string of the molecule is CC(C)(C)OC(=O)N1C(C(=O)OCC(=O)c2cnc3cc(Br)ccc3n2)CC2CC21. The summed E-state index contributed by atoms with van der Waals surface area (Å²) in [6.45, 7) is 4.88. The molecule has 3 unspecified atom stereocenters. The summed E-state index contributed by atoms with van der Waals surface area (Å²) >= 11 is 3.36. The van der Waals surface area contributed by atoms with E-state index in [1.807, 2.05) is 6.07 Å². The number of amides is 1. The number of hydrogen-bond donors (Lipinski definition) is 0. The van der Waals surface area contributed by atoms with Crippen molar-refractivity contribution in [2.45, 2.75) is 51.3 Å². The lowest BCUT2D eigenvalue weighted by Crippen LogP contribution is -2.46. The van der Waals surface area contributed by atoms with Gasteiger partial charge in [-0.25, -0.2) is 14.6 Å². The van der Waals surface area contributed by atoms with Gasteiger partial charge < -0.3 is 9.47 Å².